The number of ether oxygens (including phenoxy) is 2. The van der Waals surface area contributed by atoms with Gasteiger partial charge in [-0.1, -0.05) is 105 Å². The van der Waals surface area contributed by atoms with Crippen LogP contribution in [0.3, 0.4) is 0 Å². The third-order valence-electron chi connectivity index (χ3n) is 14.0. The third-order valence-corrected chi connectivity index (χ3v) is 23.0. The van der Waals surface area contributed by atoms with E-state index in [1.807, 2.05) is 0 Å². The van der Waals surface area contributed by atoms with Crippen molar-refractivity contribution in [3.63, 3.8) is 0 Å². The van der Waals surface area contributed by atoms with Crippen molar-refractivity contribution in [2.75, 3.05) is 6.61 Å². The summed E-state index contributed by atoms with van der Waals surface area (Å²) in [6.45, 7) is 34.4. The molecule has 0 N–H and O–H groups in total. The highest BCUT2D eigenvalue weighted by atomic mass is 28.4. The van der Waals surface area contributed by atoms with Crippen molar-refractivity contribution in [3.8, 4) is 0 Å². The lowest BCUT2D eigenvalue weighted by molar-refractivity contribution is -0.221. The highest BCUT2D eigenvalue weighted by molar-refractivity contribution is 6.74. The van der Waals surface area contributed by atoms with E-state index in [1.54, 1.807) is 11.1 Å². The normalized spacial score (nSPS) is 31.1. The minimum Gasteiger partial charge on any atom is -0.457 e. The van der Waals surface area contributed by atoms with Crippen LogP contribution < -0.4 is 0 Å². The van der Waals surface area contributed by atoms with Gasteiger partial charge in [-0.15, -0.1) is 0 Å². The second-order valence-corrected chi connectivity index (χ2v) is 29.0. The van der Waals surface area contributed by atoms with Gasteiger partial charge in [-0.3, -0.25) is 0 Å². The Labute approximate surface area is 309 Å². The lowest BCUT2D eigenvalue weighted by atomic mass is 9.64. The minimum absolute atomic E-state index is 0.0255. The number of fused-ring (bicyclic) bond motifs is 1. The molecule has 0 saturated heterocycles. The summed E-state index contributed by atoms with van der Waals surface area (Å²) in [5.74, 6) is -0.755. The van der Waals surface area contributed by atoms with Gasteiger partial charge >= 0.3 is 5.97 Å². The van der Waals surface area contributed by atoms with E-state index in [2.05, 4.69) is 107 Å². The lowest BCUT2D eigenvalue weighted by Crippen LogP contribution is -2.56. The van der Waals surface area contributed by atoms with Crippen LogP contribution in [0.25, 0.3) is 0 Å². The van der Waals surface area contributed by atoms with Crippen molar-refractivity contribution in [3.05, 3.63) is 47.1 Å². The van der Waals surface area contributed by atoms with Gasteiger partial charge in [0.25, 0.3) is 0 Å². The van der Waals surface area contributed by atoms with Crippen molar-refractivity contribution in [1.82, 2.24) is 0 Å². The van der Waals surface area contributed by atoms with E-state index in [0.29, 0.717) is 18.8 Å². The summed E-state index contributed by atoms with van der Waals surface area (Å²) in [6.07, 6.45) is 20.0. The Balaban J connectivity index is 1.74. The van der Waals surface area contributed by atoms with Crippen LogP contribution in [-0.4, -0.2) is 46.7 Å². The van der Waals surface area contributed by atoms with Gasteiger partial charge in [0.1, 0.15) is 12.2 Å². The van der Waals surface area contributed by atoms with Crippen molar-refractivity contribution < 1.29 is 23.1 Å². The molecule has 0 aromatic rings. The minimum atomic E-state index is -2.37. The number of esters is 1. The molecule has 0 aromatic heterocycles. The SMILES string of the molecule is C=C1C(=CC=C2CCC[C@]3(C)C(CC)=CC[C@@H]23)C[C@](OCC(=O)OC2(CC)CCCCC2)(O[Si](C)(C)C(C)(C)C)CC1O[Si](C)(C)C(C)(C)C. The van der Waals surface area contributed by atoms with E-state index in [0.717, 1.165) is 62.5 Å². The van der Waals surface area contributed by atoms with Crippen molar-refractivity contribution in [2.24, 2.45) is 11.3 Å². The average molecular weight is 727 g/mol. The molecule has 284 valence electrons. The molecule has 1 unspecified atom stereocenters. The Bertz CT molecular complexity index is 1340. The first kappa shape index (κ1) is 41.5. The highest BCUT2D eigenvalue weighted by Gasteiger charge is 2.52. The molecule has 0 heterocycles. The van der Waals surface area contributed by atoms with Crippen LogP contribution in [0.15, 0.2) is 47.1 Å². The Morgan fingerprint density at radius 1 is 0.940 bits per heavy atom. The predicted molar refractivity (Wildman–Crippen MR) is 214 cm³/mol. The summed E-state index contributed by atoms with van der Waals surface area (Å²) < 4.78 is 27.7. The molecular weight excluding hydrogens is 653 g/mol. The standard InChI is InChI=1S/C43H74O5Si2/c1-15-35-24-25-36-33(21-20-26-41(35,36)10)22-23-34-29-43(48-50(13,14)40(7,8)9,30-37(32(34)3)47-49(11,12)39(4,5)6)45-31-38(44)46-42(16-2)27-18-17-19-28-42/h22-24,36-37H,3,15-21,25-31H2,1-2,4-14H3/t36-,37?,41+,43-/m0/s1. The molecular formula is C43H74O5Si2. The number of carbonyl (C=O) groups is 1. The topological polar surface area (TPSA) is 54.0 Å². The third kappa shape index (κ3) is 8.92. The van der Waals surface area contributed by atoms with Crippen LogP contribution in [0.5, 0.6) is 0 Å². The largest absolute Gasteiger partial charge is 0.457 e. The Morgan fingerprint density at radius 3 is 2.16 bits per heavy atom. The quantitative estimate of drug-likeness (QED) is 0.0918. The summed E-state index contributed by atoms with van der Waals surface area (Å²) in [6, 6.07) is 0. The molecule has 50 heavy (non-hydrogen) atoms. The first-order valence-corrected chi connectivity index (χ1v) is 25.9. The maximum absolute atomic E-state index is 13.7. The van der Waals surface area contributed by atoms with Crippen molar-refractivity contribution >= 4 is 22.6 Å². The number of carbonyl (C=O) groups excluding carboxylic acids is 1. The Hall–Kier alpha value is -1.26. The zero-order valence-corrected chi connectivity index (χ0v) is 36.5. The lowest BCUT2D eigenvalue weighted by Gasteiger charge is -2.51. The first-order valence-electron chi connectivity index (χ1n) is 20.0. The zero-order chi connectivity index (χ0) is 37.4. The van der Waals surface area contributed by atoms with E-state index in [9.17, 15) is 4.79 Å². The fourth-order valence-corrected chi connectivity index (χ4v) is 11.3. The highest BCUT2D eigenvalue weighted by Crippen LogP contribution is 2.56. The first-order chi connectivity index (χ1) is 23.0. The smallest absolute Gasteiger partial charge is 0.332 e. The van der Waals surface area contributed by atoms with E-state index in [1.165, 1.54) is 19.3 Å². The molecule has 4 aliphatic carbocycles. The maximum atomic E-state index is 13.7. The van der Waals surface area contributed by atoms with Crippen LogP contribution in [0, 0.1) is 11.3 Å². The molecule has 4 aliphatic rings. The van der Waals surface area contributed by atoms with Crippen LogP contribution in [0.4, 0.5) is 0 Å². The zero-order valence-electron chi connectivity index (χ0n) is 34.5. The molecule has 0 bridgehead atoms. The van der Waals surface area contributed by atoms with Gasteiger partial charge in [0.15, 0.2) is 22.4 Å². The molecule has 0 aromatic carbocycles. The molecule has 3 fully saturated rings. The maximum Gasteiger partial charge on any atom is 0.332 e. The second kappa shape index (κ2) is 15.2. The molecule has 4 atom stereocenters. The summed E-state index contributed by atoms with van der Waals surface area (Å²) in [5.41, 5.74) is 5.21. The van der Waals surface area contributed by atoms with Crippen molar-refractivity contribution in [1.29, 1.82) is 0 Å². The van der Waals surface area contributed by atoms with Crippen LogP contribution >= 0.6 is 0 Å². The fourth-order valence-electron chi connectivity index (χ4n) is 8.58. The van der Waals surface area contributed by atoms with Gasteiger partial charge in [0.05, 0.1) is 6.10 Å². The molecule has 4 rings (SSSR count). The average Bonchev–Trinajstić information content (AvgIpc) is 3.36. The molecule has 3 saturated carbocycles. The molecule has 5 nitrogen and oxygen atoms in total. The molecule has 7 heteroatoms. The predicted octanol–water partition coefficient (Wildman–Crippen LogP) is 12.5. The summed E-state index contributed by atoms with van der Waals surface area (Å²) in [4.78, 5) is 13.7. The van der Waals surface area contributed by atoms with E-state index in [-0.39, 0.29) is 39.8 Å². The summed E-state index contributed by atoms with van der Waals surface area (Å²) in [5, 5.41) is -0.0228. The van der Waals surface area contributed by atoms with E-state index < -0.39 is 22.4 Å². The number of rotatable bonds is 11. The van der Waals surface area contributed by atoms with Crippen LogP contribution in [0.2, 0.25) is 36.3 Å². The fraction of sp³-hybridized carbons (Fsp3) is 0.791. The van der Waals surface area contributed by atoms with Gasteiger partial charge in [-0.05, 0) is 123 Å². The van der Waals surface area contributed by atoms with Crippen molar-refractivity contribution in [2.45, 2.75) is 200 Å². The second-order valence-electron chi connectivity index (χ2n) is 19.5. The van der Waals surface area contributed by atoms with Gasteiger partial charge in [0, 0.05) is 12.8 Å². The van der Waals surface area contributed by atoms with E-state index >= 15 is 0 Å². The van der Waals surface area contributed by atoms with Gasteiger partial charge in [-0.2, -0.15) is 0 Å². The number of allylic oxidation sites excluding steroid dienone is 5. The van der Waals surface area contributed by atoms with E-state index in [4.69, 9.17) is 24.9 Å². The molecule has 0 amide bonds. The Morgan fingerprint density at radius 2 is 1.58 bits per heavy atom. The summed E-state index contributed by atoms with van der Waals surface area (Å²) >= 11 is 0. The van der Waals surface area contributed by atoms with Crippen LogP contribution in [-0.2, 0) is 23.1 Å². The Kier molecular flexibility index (Phi) is 12.6. The molecule has 0 radical (unpaired) electrons. The molecule has 0 spiro atoms. The van der Waals surface area contributed by atoms with Gasteiger partial charge in [-0.25, -0.2) is 4.79 Å². The summed E-state index contributed by atoms with van der Waals surface area (Å²) in [7, 11) is -4.58. The monoisotopic (exact) mass is 727 g/mol. The molecule has 0 aliphatic heterocycles. The number of hydrogen-bond acceptors (Lipinski definition) is 5. The van der Waals surface area contributed by atoms with Gasteiger partial charge in [0.2, 0.25) is 0 Å². The number of hydrogen-bond donors (Lipinski definition) is 0. The van der Waals surface area contributed by atoms with Crippen LogP contribution in [0.1, 0.15) is 146 Å². The van der Waals surface area contributed by atoms with Gasteiger partial charge < -0.3 is 18.3 Å².